The molecule has 24 heavy (non-hydrogen) atoms. The van der Waals surface area contributed by atoms with E-state index in [4.69, 9.17) is 20.8 Å². The van der Waals surface area contributed by atoms with Crippen LogP contribution in [0.2, 0.25) is 5.02 Å². The molecule has 0 aliphatic carbocycles. The summed E-state index contributed by atoms with van der Waals surface area (Å²) in [7, 11) is 1.54. The number of benzene rings is 1. The van der Waals surface area contributed by atoms with Crippen molar-refractivity contribution in [2.75, 3.05) is 26.7 Å². The molecule has 1 saturated heterocycles. The maximum Gasteiger partial charge on any atom is 0.255 e. The number of ether oxygens (including phenoxy) is 1. The van der Waals surface area contributed by atoms with Crippen LogP contribution in [-0.4, -0.2) is 37.6 Å². The van der Waals surface area contributed by atoms with E-state index < -0.39 is 0 Å². The van der Waals surface area contributed by atoms with Crippen LogP contribution >= 0.6 is 11.6 Å². The molecule has 0 bridgehead atoms. The van der Waals surface area contributed by atoms with Crippen molar-refractivity contribution in [3.63, 3.8) is 0 Å². The predicted molar refractivity (Wildman–Crippen MR) is 92.6 cm³/mol. The summed E-state index contributed by atoms with van der Waals surface area (Å²) in [6.45, 7) is 2.51. The Morgan fingerprint density at radius 3 is 2.83 bits per heavy atom. The molecule has 2 heterocycles. The zero-order valence-electron chi connectivity index (χ0n) is 13.6. The van der Waals surface area contributed by atoms with Crippen LogP contribution < -0.4 is 10.1 Å². The molecule has 0 saturated carbocycles. The van der Waals surface area contributed by atoms with Crippen molar-refractivity contribution in [2.45, 2.75) is 18.9 Å². The molecule has 1 N–H and O–H groups in total. The molecular formula is C18H21ClN2O3. The summed E-state index contributed by atoms with van der Waals surface area (Å²) in [6, 6.07) is 8.88. The minimum atomic E-state index is -0.204. The lowest BCUT2D eigenvalue weighted by molar-refractivity contribution is 0.0930. The Hall–Kier alpha value is -1.98. The summed E-state index contributed by atoms with van der Waals surface area (Å²) < 4.78 is 10.8. The monoisotopic (exact) mass is 348 g/mol. The largest absolute Gasteiger partial charge is 0.496 e. The second-order valence-corrected chi connectivity index (χ2v) is 6.27. The van der Waals surface area contributed by atoms with Crippen LogP contribution in [0.5, 0.6) is 5.75 Å². The third kappa shape index (κ3) is 3.74. The van der Waals surface area contributed by atoms with E-state index in [1.165, 1.54) is 20.0 Å². The van der Waals surface area contributed by atoms with E-state index in [2.05, 4.69) is 10.2 Å². The molecule has 1 aliphatic rings. The molecule has 2 aromatic rings. The van der Waals surface area contributed by atoms with Gasteiger partial charge in [-0.3, -0.25) is 9.69 Å². The number of hydrogen-bond donors (Lipinski definition) is 1. The molecule has 1 amide bonds. The van der Waals surface area contributed by atoms with E-state index in [-0.39, 0.29) is 11.9 Å². The van der Waals surface area contributed by atoms with Crippen molar-refractivity contribution in [3.8, 4) is 5.75 Å². The van der Waals surface area contributed by atoms with Gasteiger partial charge in [0.2, 0.25) is 0 Å². The Labute approximate surface area is 146 Å². The highest BCUT2D eigenvalue weighted by Crippen LogP contribution is 2.26. The van der Waals surface area contributed by atoms with Crippen molar-refractivity contribution in [2.24, 2.45) is 0 Å². The van der Waals surface area contributed by atoms with E-state index in [0.717, 1.165) is 18.8 Å². The van der Waals surface area contributed by atoms with Gasteiger partial charge >= 0.3 is 0 Å². The average molecular weight is 349 g/mol. The zero-order chi connectivity index (χ0) is 16.9. The lowest BCUT2D eigenvalue weighted by Gasteiger charge is -2.26. The van der Waals surface area contributed by atoms with Crippen LogP contribution in [0.4, 0.5) is 0 Å². The normalized spacial score (nSPS) is 16.1. The van der Waals surface area contributed by atoms with Crippen molar-refractivity contribution < 1.29 is 13.9 Å². The van der Waals surface area contributed by atoms with Crippen LogP contribution in [0.3, 0.4) is 0 Å². The van der Waals surface area contributed by atoms with Crippen LogP contribution in [-0.2, 0) is 0 Å². The molecule has 1 aliphatic heterocycles. The molecule has 5 nitrogen and oxygen atoms in total. The van der Waals surface area contributed by atoms with Crippen LogP contribution in [0.15, 0.2) is 41.0 Å². The number of carbonyl (C=O) groups excluding carboxylic acids is 1. The first kappa shape index (κ1) is 16.9. The second-order valence-electron chi connectivity index (χ2n) is 5.83. The third-order valence-corrected chi connectivity index (χ3v) is 4.55. The predicted octanol–water partition coefficient (Wildman–Crippen LogP) is 3.51. The van der Waals surface area contributed by atoms with Crippen LogP contribution in [0.25, 0.3) is 0 Å². The second kappa shape index (κ2) is 7.73. The first-order chi connectivity index (χ1) is 11.7. The Kier molecular flexibility index (Phi) is 5.43. The van der Waals surface area contributed by atoms with E-state index >= 15 is 0 Å². The van der Waals surface area contributed by atoms with Crippen molar-refractivity contribution in [3.05, 3.63) is 52.9 Å². The molecule has 0 unspecified atom stereocenters. The number of methoxy groups -OCH3 is 1. The Bertz CT molecular complexity index is 682. The van der Waals surface area contributed by atoms with Crippen LogP contribution in [0.1, 0.15) is 35.0 Å². The van der Waals surface area contributed by atoms with E-state index in [9.17, 15) is 4.79 Å². The highest BCUT2D eigenvalue weighted by molar-refractivity contribution is 6.31. The number of rotatable bonds is 6. The van der Waals surface area contributed by atoms with Crippen LogP contribution in [0, 0.1) is 0 Å². The molecule has 1 aromatic heterocycles. The number of furan rings is 1. The van der Waals surface area contributed by atoms with Gasteiger partial charge in [0.1, 0.15) is 11.5 Å². The van der Waals surface area contributed by atoms with E-state index in [0.29, 0.717) is 22.9 Å². The molecule has 1 fully saturated rings. The number of likely N-dealkylation sites (tertiary alicyclic amines) is 1. The fourth-order valence-corrected chi connectivity index (χ4v) is 3.26. The lowest BCUT2D eigenvalue weighted by Crippen LogP contribution is -2.36. The Morgan fingerprint density at radius 1 is 1.38 bits per heavy atom. The summed E-state index contributed by atoms with van der Waals surface area (Å²) in [5, 5.41) is 3.49. The lowest BCUT2D eigenvalue weighted by atomic mass is 10.1. The number of hydrogen-bond acceptors (Lipinski definition) is 4. The minimum Gasteiger partial charge on any atom is -0.496 e. The van der Waals surface area contributed by atoms with E-state index in [1.807, 2.05) is 12.1 Å². The fourth-order valence-electron chi connectivity index (χ4n) is 3.09. The molecule has 3 rings (SSSR count). The first-order valence-corrected chi connectivity index (χ1v) is 8.46. The molecule has 128 valence electrons. The average Bonchev–Trinajstić information content (AvgIpc) is 3.29. The van der Waals surface area contributed by atoms with E-state index in [1.54, 1.807) is 24.5 Å². The summed E-state index contributed by atoms with van der Waals surface area (Å²) in [5.41, 5.74) is 0.435. The van der Waals surface area contributed by atoms with Crippen molar-refractivity contribution in [1.29, 1.82) is 0 Å². The Morgan fingerprint density at radius 2 is 2.17 bits per heavy atom. The highest BCUT2D eigenvalue weighted by Gasteiger charge is 2.26. The van der Waals surface area contributed by atoms with Crippen molar-refractivity contribution >= 4 is 17.5 Å². The molecule has 6 heteroatoms. The summed E-state index contributed by atoms with van der Waals surface area (Å²) in [4.78, 5) is 14.9. The maximum atomic E-state index is 12.6. The number of nitrogens with zero attached hydrogens (tertiary/aromatic N) is 1. The fraction of sp³-hybridized carbons (Fsp3) is 0.389. The third-order valence-electron chi connectivity index (χ3n) is 4.32. The quantitative estimate of drug-likeness (QED) is 0.868. The number of nitrogens with one attached hydrogen (secondary N) is 1. The summed E-state index contributed by atoms with van der Waals surface area (Å²) in [6.07, 6.45) is 4.01. The van der Waals surface area contributed by atoms with Gasteiger partial charge in [-0.05, 0) is 56.3 Å². The summed E-state index contributed by atoms with van der Waals surface area (Å²) in [5.74, 6) is 1.17. The molecule has 1 atom stereocenters. The molecule has 0 spiro atoms. The number of amides is 1. The van der Waals surface area contributed by atoms with Gasteiger partial charge in [0.15, 0.2) is 0 Å². The maximum absolute atomic E-state index is 12.6. The van der Waals surface area contributed by atoms with Gasteiger partial charge in [-0.1, -0.05) is 11.6 Å². The van der Waals surface area contributed by atoms with Gasteiger partial charge in [-0.15, -0.1) is 0 Å². The first-order valence-electron chi connectivity index (χ1n) is 8.08. The summed E-state index contributed by atoms with van der Waals surface area (Å²) >= 11 is 6.01. The van der Waals surface area contributed by atoms with Gasteiger partial charge in [0.25, 0.3) is 5.91 Å². The van der Waals surface area contributed by atoms with Gasteiger partial charge in [0.05, 0.1) is 25.0 Å². The van der Waals surface area contributed by atoms with Gasteiger partial charge < -0.3 is 14.5 Å². The number of halogens is 1. The highest BCUT2D eigenvalue weighted by atomic mass is 35.5. The SMILES string of the molecule is COc1ccc(Cl)cc1C(=O)NC[C@H](c1ccco1)N1CCCC1. The minimum absolute atomic E-state index is 0.0385. The standard InChI is InChI=1S/C18H21ClN2O3/c1-23-16-7-6-13(19)11-14(16)18(22)20-12-15(17-5-4-10-24-17)21-8-2-3-9-21/h4-7,10-11,15H,2-3,8-9,12H2,1H3,(H,20,22)/t15-/m1/s1. The van der Waals surface area contributed by atoms with Gasteiger partial charge in [-0.2, -0.15) is 0 Å². The van der Waals surface area contributed by atoms with Gasteiger partial charge in [-0.25, -0.2) is 0 Å². The van der Waals surface area contributed by atoms with Crippen molar-refractivity contribution in [1.82, 2.24) is 10.2 Å². The topological polar surface area (TPSA) is 54.7 Å². The molecule has 1 aromatic carbocycles. The molecular weight excluding hydrogens is 328 g/mol. The number of carbonyl (C=O) groups is 1. The Balaban J connectivity index is 1.72. The molecule has 0 radical (unpaired) electrons. The van der Waals surface area contributed by atoms with Gasteiger partial charge in [0, 0.05) is 11.6 Å². The smallest absolute Gasteiger partial charge is 0.255 e. The zero-order valence-corrected chi connectivity index (χ0v) is 14.4.